The summed E-state index contributed by atoms with van der Waals surface area (Å²) in [4.78, 5) is 0.387. The lowest BCUT2D eigenvalue weighted by Gasteiger charge is -2.18. The van der Waals surface area contributed by atoms with Crippen molar-refractivity contribution in [1.29, 1.82) is 0 Å². The minimum Gasteiger partial charge on any atom is -0.867 e. The lowest BCUT2D eigenvalue weighted by atomic mass is 9.97. The second kappa shape index (κ2) is 9.29. The Morgan fingerprint density at radius 1 is 0.964 bits per heavy atom. The van der Waals surface area contributed by atoms with Crippen molar-refractivity contribution in [3.63, 3.8) is 0 Å². The third-order valence-electron chi connectivity index (χ3n) is 4.79. The molecule has 0 aliphatic heterocycles. The second-order valence-electron chi connectivity index (χ2n) is 6.71. The number of nitrogens with zero attached hydrogens (tertiary/aromatic N) is 1. The van der Waals surface area contributed by atoms with Crippen molar-refractivity contribution < 1.29 is 9.67 Å². The first kappa shape index (κ1) is 19.8. The Kier molecular flexibility index (Phi) is 6.56. The summed E-state index contributed by atoms with van der Waals surface area (Å²) in [5, 5.41) is 16.5. The highest BCUT2D eigenvalue weighted by Gasteiger charge is 2.18. The van der Waals surface area contributed by atoms with Crippen LogP contribution in [0.3, 0.4) is 0 Å². The van der Waals surface area contributed by atoms with E-state index >= 15 is 0 Å². The van der Waals surface area contributed by atoms with Gasteiger partial charge < -0.3 is 10.4 Å². The highest BCUT2D eigenvalue weighted by Crippen LogP contribution is 2.22. The van der Waals surface area contributed by atoms with Gasteiger partial charge in [0.05, 0.1) is 0 Å². The Hall–Kier alpha value is -2.98. The van der Waals surface area contributed by atoms with Gasteiger partial charge in [0.1, 0.15) is 0 Å². The number of nitrogens with one attached hydrogen (secondary N) is 1. The van der Waals surface area contributed by atoms with Crippen molar-refractivity contribution in [2.24, 2.45) is 0 Å². The fraction of sp³-hybridized carbons (Fsp3) is 0.167. The van der Waals surface area contributed by atoms with E-state index in [1.165, 1.54) is 5.56 Å². The number of pyridine rings is 1. The summed E-state index contributed by atoms with van der Waals surface area (Å²) in [6.45, 7) is 4.35. The Labute approximate surface area is 172 Å². The molecule has 0 saturated carbocycles. The molecule has 1 atom stereocenters. The number of thiocarbonyl (C=S) groups is 1. The normalized spacial score (nSPS) is 12.8. The lowest BCUT2D eigenvalue weighted by Crippen LogP contribution is -2.39. The van der Waals surface area contributed by atoms with Crippen molar-refractivity contribution in [2.75, 3.05) is 5.32 Å². The maximum absolute atomic E-state index is 13.3. The van der Waals surface area contributed by atoms with E-state index in [1.54, 1.807) is 4.57 Å². The predicted octanol–water partition coefficient (Wildman–Crippen LogP) is 4.61. The monoisotopic (exact) mass is 388 g/mol. The Balaban J connectivity index is 2.01. The molecule has 1 N–H and O–H groups in total. The number of anilines is 1. The molecule has 0 fully saturated rings. The van der Waals surface area contributed by atoms with Crippen LogP contribution in [0.15, 0.2) is 85.2 Å². The van der Waals surface area contributed by atoms with Crippen LogP contribution in [0.5, 0.6) is 0 Å². The summed E-state index contributed by atoms with van der Waals surface area (Å²) in [5.74, 6) is 0.359. The van der Waals surface area contributed by atoms with Crippen molar-refractivity contribution in [2.45, 2.75) is 26.2 Å². The molecule has 4 heteroatoms. The van der Waals surface area contributed by atoms with E-state index in [9.17, 15) is 5.11 Å². The molecule has 0 aliphatic carbocycles. The second-order valence-corrected chi connectivity index (χ2v) is 7.12. The Bertz CT molecular complexity index is 951. The molecule has 0 amide bonds. The van der Waals surface area contributed by atoms with Crippen molar-refractivity contribution in [3.8, 4) is 0 Å². The molecule has 0 saturated heterocycles. The van der Waals surface area contributed by atoms with Crippen LogP contribution in [-0.2, 0) is 0 Å². The van der Waals surface area contributed by atoms with Gasteiger partial charge in [-0.05, 0) is 41.4 Å². The maximum atomic E-state index is 13.3. The molecule has 3 rings (SSSR count). The first-order valence-corrected chi connectivity index (χ1v) is 9.85. The van der Waals surface area contributed by atoms with Crippen LogP contribution < -0.4 is 15.0 Å². The van der Waals surface area contributed by atoms with Crippen molar-refractivity contribution >= 4 is 34.3 Å². The number of hydrogen-bond donors (Lipinski definition) is 1. The van der Waals surface area contributed by atoms with E-state index < -0.39 is 0 Å². The van der Waals surface area contributed by atoms with Crippen LogP contribution in [0.1, 0.15) is 37.3 Å². The minimum absolute atomic E-state index is 0.111. The highest BCUT2D eigenvalue weighted by molar-refractivity contribution is 7.81. The molecule has 1 aromatic heterocycles. The first-order valence-electron chi connectivity index (χ1n) is 9.45. The van der Waals surface area contributed by atoms with E-state index in [4.69, 9.17) is 12.2 Å². The van der Waals surface area contributed by atoms with Crippen LogP contribution in [0.25, 0.3) is 11.5 Å². The van der Waals surface area contributed by atoms with E-state index in [0.717, 1.165) is 12.1 Å². The number of hydrogen-bond acceptors (Lipinski definition) is 2. The standard InChI is InChI=1S/C24H24N2OS/c1-3-18(2)19-12-14-20(15-13-19)23(27)22(26-16-8-5-9-17-26)24(28)25-21-10-6-4-7-11-21/h4-18H,3H2,1-2H3,(H-,25,27,28)/t18-/m0/s1. The number of rotatable bonds is 6. The van der Waals surface area contributed by atoms with Gasteiger partial charge >= 0.3 is 0 Å². The van der Waals surface area contributed by atoms with Crippen LogP contribution in [0.4, 0.5) is 5.69 Å². The van der Waals surface area contributed by atoms with Gasteiger partial charge in [0.2, 0.25) is 5.70 Å². The zero-order valence-electron chi connectivity index (χ0n) is 16.1. The first-order chi connectivity index (χ1) is 13.6. The van der Waals surface area contributed by atoms with Crippen LogP contribution in [0.2, 0.25) is 0 Å². The molecule has 0 unspecified atom stereocenters. The molecular formula is C24H24N2OS. The van der Waals surface area contributed by atoms with Gasteiger partial charge in [-0.25, -0.2) is 0 Å². The summed E-state index contributed by atoms with van der Waals surface area (Å²) in [6, 6.07) is 23.1. The molecular weight excluding hydrogens is 364 g/mol. The van der Waals surface area contributed by atoms with E-state index in [1.807, 2.05) is 85.2 Å². The van der Waals surface area contributed by atoms with Gasteiger partial charge in [-0.1, -0.05) is 74.6 Å². The molecule has 2 aromatic carbocycles. The van der Waals surface area contributed by atoms with Gasteiger partial charge in [0.25, 0.3) is 0 Å². The van der Waals surface area contributed by atoms with Gasteiger partial charge in [-0.15, -0.1) is 0 Å². The summed E-state index contributed by atoms with van der Waals surface area (Å²) in [6.07, 6.45) is 4.73. The molecule has 0 spiro atoms. The summed E-state index contributed by atoms with van der Waals surface area (Å²) in [7, 11) is 0. The largest absolute Gasteiger partial charge is 0.867 e. The number of aromatic nitrogens is 1. The summed E-state index contributed by atoms with van der Waals surface area (Å²) < 4.78 is 1.77. The quantitative estimate of drug-likeness (QED) is 0.290. The number of para-hydroxylation sites is 1. The average Bonchev–Trinajstić information content (AvgIpc) is 2.75. The molecule has 1 heterocycles. The van der Waals surface area contributed by atoms with E-state index in [-0.39, 0.29) is 5.76 Å². The Morgan fingerprint density at radius 2 is 1.57 bits per heavy atom. The van der Waals surface area contributed by atoms with Gasteiger partial charge in [0.15, 0.2) is 17.4 Å². The lowest BCUT2D eigenvalue weighted by molar-refractivity contribution is -0.577. The molecule has 0 aliphatic rings. The average molecular weight is 389 g/mol. The predicted molar refractivity (Wildman–Crippen MR) is 118 cm³/mol. The van der Waals surface area contributed by atoms with Gasteiger partial charge in [-0.2, -0.15) is 4.57 Å². The third kappa shape index (κ3) is 4.65. The highest BCUT2D eigenvalue weighted by atomic mass is 32.1. The van der Waals surface area contributed by atoms with Gasteiger partial charge in [-0.3, -0.25) is 0 Å². The van der Waals surface area contributed by atoms with Crippen LogP contribution in [0, 0.1) is 0 Å². The molecule has 0 radical (unpaired) electrons. The summed E-state index contributed by atoms with van der Waals surface area (Å²) in [5.41, 5.74) is 3.13. The maximum Gasteiger partial charge on any atom is 0.238 e. The molecule has 28 heavy (non-hydrogen) atoms. The Morgan fingerprint density at radius 3 is 2.18 bits per heavy atom. The third-order valence-corrected chi connectivity index (χ3v) is 5.09. The molecule has 142 valence electrons. The number of benzene rings is 2. The smallest absolute Gasteiger partial charge is 0.238 e. The van der Waals surface area contributed by atoms with E-state index in [2.05, 4.69) is 19.2 Å². The fourth-order valence-electron chi connectivity index (χ4n) is 2.93. The van der Waals surface area contributed by atoms with Crippen LogP contribution >= 0.6 is 12.2 Å². The summed E-state index contributed by atoms with van der Waals surface area (Å²) >= 11 is 5.61. The van der Waals surface area contributed by atoms with Gasteiger partial charge in [0, 0.05) is 17.8 Å². The fourth-order valence-corrected chi connectivity index (χ4v) is 3.25. The zero-order chi connectivity index (χ0) is 19.9. The van der Waals surface area contributed by atoms with Crippen molar-refractivity contribution in [1.82, 2.24) is 0 Å². The van der Waals surface area contributed by atoms with Crippen molar-refractivity contribution in [3.05, 3.63) is 96.3 Å². The molecule has 3 aromatic rings. The SMILES string of the molecule is CC[C@H](C)c1ccc(C([O-])=C(C(=S)Nc2ccccc2)[n+]2ccccc2)cc1. The van der Waals surface area contributed by atoms with E-state index in [0.29, 0.717) is 22.2 Å². The van der Waals surface area contributed by atoms with Crippen LogP contribution in [-0.4, -0.2) is 4.99 Å². The minimum atomic E-state index is -0.111. The molecule has 0 bridgehead atoms. The zero-order valence-corrected chi connectivity index (χ0v) is 16.9. The topological polar surface area (TPSA) is 39.0 Å². The molecule has 3 nitrogen and oxygen atoms in total.